The van der Waals surface area contributed by atoms with Crippen molar-refractivity contribution in [3.63, 3.8) is 0 Å². The molecule has 0 aliphatic carbocycles. The van der Waals surface area contributed by atoms with Gasteiger partial charge in [-0.2, -0.15) is 16.9 Å². The van der Waals surface area contributed by atoms with Gasteiger partial charge in [0.1, 0.15) is 5.82 Å². The quantitative estimate of drug-likeness (QED) is 0.931. The Hall–Kier alpha value is -1.33. The van der Waals surface area contributed by atoms with Gasteiger partial charge in [-0.25, -0.2) is 9.07 Å². The maximum Gasteiger partial charge on any atom is 0.125 e. The number of nitrogens with zero attached hydrogens (tertiary/aromatic N) is 2. The molecule has 19 heavy (non-hydrogen) atoms. The van der Waals surface area contributed by atoms with Crippen molar-refractivity contribution >= 4 is 11.8 Å². The van der Waals surface area contributed by atoms with Gasteiger partial charge in [-0.15, -0.1) is 0 Å². The second-order valence-corrected chi connectivity index (χ2v) is 5.86. The number of thioether (sulfide) groups is 1. The Bertz CT molecular complexity index is 549. The Labute approximate surface area is 116 Å². The van der Waals surface area contributed by atoms with Gasteiger partial charge in [-0.3, -0.25) is 0 Å². The summed E-state index contributed by atoms with van der Waals surface area (Å²) in [5.41, 5.74) is 1.88. The van der Waals surface area contributed by atoms with E-state index in [1.54, 1.807) is 10.7 Å². The van der Waals surface area contributed by atoms with Crippen LogP contribution in [0.15, 0.2) is 36.7 Å². The first-order valence-corrected chi connectivity index (χ1v) is 7.57. The highest BCUT2D eigenvalue weighted by Gasteiger charge is 2.14. The molecule has 1 aliphatic heterocycles. The van der Waals surface area contributed by atoms with E-state index in [1.165, 1.54) is 30.1 Å². The fourth-order valence-electron chi connectivity index (χ4n) is 2.17. The van der Waals surface area contributed by atoms with E-state index < -0.39 is 0 Å². The van der Waals surface area contributed by atoms with Crippen LogP contribution in [0.2, 0.25) is 0 Å². The largest absolute Gasteiger partial charge is 0.309 e. The summed E-state index contributed by atoms with van der Waals surface area (Å²) in [6, 6.07) is 7.08. The van der Waals surface area contributed by atoms with Gasteiger partial charge < -0.3 is 5.32 Å². The zero-order valence-electron chi connectivity index (χ0n) is 10.6. The Kier molecular flexibility index (Phi) is 3.84. The first-order chi connectivity index (χ1) is 9.31. The number of halogens is 1. The lowest BCUT2D eigenvalue weighted by molar-refractivity contribution is 0.558. The summed E-state index contributed by atoms with van der Waals surface area (Å²) in [4.78, 5) is 0. The Balaban J connectivity index is 1.65. The molecule has 0 radical (unpaired) electrons. The number of hydrogen-bond donors (Lipinski definition) is 1. The van der Waals surface area contributed by atoms with Gasteiger partial charge in [0, 0.05) is 30.1 Å². The molecule has 2 heterocycles. The smallest absolute Gasteiger partial charge is 0.125 e. The van der Waals surface area contributed by atoms with Gasteiger partial charge in [0.2, 0.25) is 0 Å². The Morgan fingerprint density at radius 3 is 3.21 bits per heavy atom. The summed E-state index contributed by atoms with van der Waals surface area (Å²) in [6.07, 6.45) is 5.02. The van der Waals surface area contributed by atoms with E-state index >= 15 is 0 Å². The minimum atomic E-state index is -0.240. The summed E-state index contributed by atoms with van der Waals surface area (Å²) in [5, 5.41) is 7.80. The topological polar surface area (TPSA) is 29.9 Å². The SMILES string of the molecule is Fc1cccc(-n2cc(CNC3CCSC3)cn2)c1. The van der Waals surface area contributed by atoms with E-state index in [0.29, 0.717) is 6.04 Å². The molecule has 0 saturated carbocycles. The lowest BCUT2D eigenvalue weighted by atomic mass is 10.2. The molecule has 1 aromatic carbocycles. The van der Waals surface area contributed by atoms with E-state index in [4.69, 9.17) is 0 Å². The predicted molar refractivity (Wildman–Crippen MR) is 76.1 cm³/mol. The van der Waals surface area contributed by atoms with Crippen molar-refractivity contribution < 1.29 is 4.39 Å². The minimum Gasteiger partial charge on any atom is -0.309 e. The molecule has 3 rings (SSSR count). The van der Waals surface area contributed by atoms with E-state index in [0.717, 1.165) is 17.8 Å². The van der Waals surface area contributed by atoms with Gasteiger partial charge in [-0.05, 0) is 30.4 Å². The lowest BCUT2D eigenvalue weighted by Crippen LogP contribution is -2.27. The molecule has 1 N–H and O–H groups in total. The summed E-state index contributed by atoms with van der Waals surface area (Å²) < 4.78 is 14.9. The van der Waals surface area contributed by atoms with Crippen LogP contribution in [0.4, 0.5) is 4.39 Å². The maximum absolute atomic E-state index is 13.2. The number of benzene rings is 1. The van der Waals surface area contributed by atoms with Crippen LogP contribution in [-0.2, 0) is 6.54 Å². The zero-order chi connectivity index (χ0) is 13.1. The minimum absolute atomic E-state index is 0.240. The summed E-state index contributed by atoms with van der Waals surface area (Å²) in [7, 11) is 0. The molecule has 1 unspecified atom stereocenters. The number of hydrogen-bond acceptors (Lipinski definition) is 3. The monoisotopic (exact) mass is 277 g/mol. The molecule has 0 amide bonds. The van der Waals surface area contributed by atoms with E-state index in [2.05, 4.69) is 10.4 Å². The molecule has 100 valence electrons. The molecule has 0 bridgehead atoms. The van der Waals surface area contributed by atoms with Crippen LogP contribution in [0.1, 0.15) is 12.0 Å². The average Bonchev–Trinajstić information content (AvgIpc) is 3.08. The second kappa shape index (κ2) is 5.75. The number of nitrogens with one attached hydrogen (secondary N) is 1. The normalized spacial score (nSPS) is 18.9. The summed E-state index contributed by atoms with van der Waals surface area (Å²) in [5.74, 6) is 2.20. The third kappa shape index (κ3) is 3.16. The third-order valence-corrected chi connectivity index (χ3v) is 4.40. The number of aromatic nitrogens is 2. The van der Waals surface area contributed by atoms with E-state index in [1.807, 2.05) is 30.2 Å². The summed E-state index contributed by atoms with van der Waals surface area (Å²) in [6.45, 7) is 0.820. The second-order valence-electron chi connectivity index (χ2n) is 4.71. The average molecular weight is 277 g/mol. The van der Waals surface area contributed by atoms with Gasteiger partial charge in [0.05, 0.1) is 11.9 Å². The molecule has 1 atom stereocenters. The molecule has 3 nitrogen and oxygen atoms in total. The third-order valence-electron chi connectivity index (χ3n) is 3.23. The van der Waals surface area contributed by atoms with Crippen LogP contribution in [0, 0.1) is 5.82 Å². The van der Waals surface area contributed by atoms with Crippen LogP contribution >= 0.6 is 11.8 Å². The first-order valence-electron chi connectivity index (χ1n) is 6.42. The van der Waals surface area contributed by atoms with Crippen molar-refractivity contribution in [3.05, 3.63) is 48.0 Å². The molecule has 5 heteroatoms. The lowest BCUT2D eigenvalue weighted by Gasteiger charge is -2.09. The van der Waals surface area contributed by atoms with Crippen LogP contribution in [-0.4, -0.2) is 27.3 Å². The fraction of sp³-hybridized carbons (Fsp3) is 0.357. The van der Waals surface area contributed by atoms with Crippen LogP contribution in [0.5, 0.6) is 0 Å². The Morgan fingerprint density at radius 1 is 1.47 bits per heavy atom. The zero-order valence-corrected chi connectivity index (χ0v) is 11.4. The van der Waals surface area contributed by atoms with Gasteiger partial charge >= 0.3 is 0 Å². The maximum atomic E-state index is 13.2. The highest BCUT2D eigenvalue weighted by Crippen LogP contribution is 2.17. The van der Waals surface area contributed by atoms with Crippen LogP contribution in [0.3, 0.4) is 0 Å². The van der Waals surface area contributed by atoms with E-state index in [-0.39, 0.29) is 5.82 Å². The molecule has 2 aromatic rings. The van der Waals surface area contributed by atoms with Crippen molar-refractivity contribution in [2.45, 2.75) is 19.0 Å². The van der Waals surface area contributed by atoms with Crippen LogP contribution in [0.25, 0.3) is 5.69 Å². The molecule has 1 aromatic heterocycles. The van der Waals surface area contributed by atoms with Crippen LogP contribution < -0.4 is 5.32 Å². The standard InChI is InChI=1S/C14H16FN3S/c15-12-2-1-3-14(6-12)18-9-11(8-17-18)7-16-13-4-5-19-10-13/h1-3,6,8-9,13,16H,4-5,7,10H2. The van der Waals surface area contributed by atoms with Gasteiger partial charge in [0.25, 0.3) is 0 Å². The van der Waals surface area contributed by atoms with Crippen molar-refractivity contribution in [1.82, 2.24) is 15.1 Å². The van der Waals surface area contributed by atoms with Gasteiger partial charge in [-0.1, -0.05) is 6.07 Å². The van der Waals surface area contributed by atoms with Crippen molar-refractivity contribution in [3.8, 4) is 5.69 Å². The molecule has 1 aliphatic rings. The number of rotatable bonds is 4. The first kappa shape index (κ1) is 12.7. The van der Waals surface area contributed by atoms with Crippen molar-refractivity contribution in [2.75, 3.05) is 11.5 Å². The molecule has 1 fully saturated rings. The van der Waals surface area contributed by atoms with Crippen molar-refractivity contribution in [1.29, 1.82) is 0 Å². The van der Waals surface area contributed by atoms with E-state index in [9.17, 15) is 4.39 Å². The fourth-order valence-corrected chi connectivity index (χ4v) is 3.36. The molecular weight excluding hydrogens is 261 g/mol. The highest BCUT2D eigenvalue weighted by molar-refractivity contribution is 7.99. The van der Waals surface area contributed by atoms with Gasteiger partial charge in [0.15, 0.2) is 0 Å². The van der Waals surface area contributed by atoms with Crippen molar-refractivity contribution in [2.24, 2.45) is 0 Å². The summed E-state index contributed by atoms with van der Waals surface area (Å²) >= 11 is 2.00. The Morgan fingerprint density at radius 2 is 2.42 bits per heavy atom. The molecule has 0 spiro atoms. The highest BCUT2D eigenvalue weighted by atomic mass is 32.2. The molecule has 1 saturated heterocycles. The predicted octanol–water partition coefficient (Wildman–Crippen LogP) is 2.61. The molecular formula is C14H16FN3S.